The lowest BCUT2D eigenvalue weighted by Crippen LogP contribution is -2.44. The molecule has 1 aromatic heterocycles. The number of benzene rings is 1. The van der Waals surface area contributed by atoms with Crippen LogP contribution in [-0.2, 0) is 19.4 Å². The van der Waals surface area contributed by atoms with E-state index >= 15 is 0 Å². The molecule has 1 fully saturated rings. The lowest BCUT2D eigenvalue weighted by Gasteiger charge is -2.30. The number of anilines is 2. The van der Waals surface area contributed by atoms with E-state index < -0.39 is 0 Å². The van der Waals surface area contributed by atoms with E-state index in [4.69, 9.17) is 14.7 Å². The first kappa shape index (κ1) is 23.1. The van der Waals surface area contributed by atoms with Gasteiger partial charge in [0.15, 0.2) is 0 Å². The molecule has 178 valence electrons. The number of nitrogens with one attached hydrogen (secondary N) is 3. The molecule has 3 N–H and O–H groups in total. The van der Waals surface area contributed by atoms with Crippen LogP contribution in [0, 0.1) is 0 Å². The number of ether oxygens (including phenoxy) is 1. The first-order valence-corrected chi connectivity index (χ1v) is 12.0. The van der Waals surface area contributed by atoms with Gasteiger partial charge in [-0.25, -0.2) is 9.78 Å². The predicted octanol–water partition coefficient (Wildman–Crippen LogP) is 3.65. The molecule has 8 nitrogen and oxygen atoms in total. The minimum atomic E-state index is -0.115. The molecule has 2 aromatic rings. The number of carbonyl (C=O) groups excluding carboxylic acids is 1. The predicted molar refractivity (Wildman–Crippen MR) is 131 cm³/mol. The maximum Gasteiger partial charge on any atom is 0.315 e. The average Bonchev–Trinajstić information content (AvgIpc) is 2.83. The molecule has 0 spiro atoms. The minimum absolute atomic E-state index is 0.115. The van der Waals surface area contributed by atoms with Crippen LogP contribution in [0.2, 0.25) is 0 Å². The van der Waals surface area contributed by atoms with E-state index in [1.807, 2.05) is 24.3 Å². The molecule has 1 aromatic carbocycles. The Hall–Kier alpha value is -3.03. The highest BCUT2D eigenvalue weighted by Crippen LogP contribution is 2.29. The Morgan fingerprint density at radius 3 is 2.42 bits per heavy atom. The highest BCUT2D eigenvalue weighted by Gasteiger charge is 2.24. The number of urea groups is 1. The van der Waals surface area contributed by atoms with E-state index in [0.29, 0.717) is 12.6 Å². The largest absolute Gasteiger partial charge is 0.497 e. The van der Waals surface area contributed by atoms with E-state index in [9.17, 15) is 4.79 Å². The summed E-state index contributed by atoms with van der Waals surface area (Å²) in [5, 5.41) is 9.64. The summed E-state index contributed by atoms with van der Waals surface area (Å²) in [6.45, 7) is 0.497. The van der Waals surface area contributed by atoms with Crippen molar-refractivity contribution >= 4 is 17.8 Å². The molecule has 1 saturated carbocycles. The zero-order valence-electron chi connectivity index (χ0n) is 20.0. The second-order valence-electron chi connectivity index (χ2n) is 9.27. The Bertz CT molecular complexity index is 939. The van der Waals surface area contributed by atoms with E-state index in [1.54, 1.807) is 7.11 Å². The van der Waals surface area contributed by atoms with Crippen molar-refractivity contribution < 1.29 is 9.53 Å². The smallest absolute Gasteiger partial charge is 0.315 e. The zero-order valence-corrected chi connectivity index (χ0v) is 20.0. The molecule has 0 aliphatic heterocycles. The summed E-state index contributed by atoms with van der Waals surface area (Å²) in [7, 11) is 5.75. The maximum absolute atomic E-state index is 12.3. The van der Waals surface area contributed by atoms with E-state index in [0.717, 1.165) is 61.6 Å². The van der Waals surface area contributed by atoms with Crippen molar-refractivity contribution in [3.8, 4) is 5.75 Å². The van der Waals surface area contributed by atoms with Gasteiger partial charge in [-0.15, -0.1) is 0 Å². The van der Waals surface area contributed by atoms with Crippen molar-refractivity contribution in [1.29, 1.82) is 0 Å². The molecule has 33 heavy (non-hydrogen) atoms. The Balaban J connectivity index is 1.24. The number of hydrogen-bond donors (Lipinski definition) is 3. The van der Waals surface area contributed by atoms with Crippen LogP contribution in [0.3, 0.4) is 0 Å². The molecule has 8 heteroatoms. The number of aromatic nitrogens is 2. The van der Waals surface area contributed by atoms with Crippen molar-refractivity contribution in [3.63, 3.8) is 0 Å². The molecule has 0 bridgehead atoms. The molecule has 0 saturated heterocycles. The number of nitrogens with zero attached hydrogens (tertiary/aromatic N) is 3. The topological polar surface area (TPSA) is 91.4 Å². The SMILES string of the molecule is COc1ccc(CNC(=O)N[C@H]2CC[C@@H](Nc3nc4c(c(N(C)C)n3)CCCC4)CC2)cc1. The third-order valence-corrected chi connectivity index (χ3v) is 6.59. The Kier molecular flexibility index (Phi) is 7.52. The van der Waals surface area contributed by atoms with Crippen LogP contribution in [0.4, 0.5) is 16.6 Å². The zero-order chi connectivity index (χ0) is 23.2. The average molecular weight is 453 g/mol. The summed E-state index contributed by atoms with van der Waals surface area (Å²) in [6.07, 6.45) is 8.39. The van der Waals surface area contributed by atoms with Gasteiger partial charge >= 0.3 is 6.03 Å². The summed E-state index contributed by atoms with van der Waals surface area (Å²) in [6, 6.07) is 8.13. The Morgan fingerprint density at radius 1 is 1.03 bits per heavy atom. The van der Waals surface area contributed by atoms with Gasteiger partial charge in [0.1, 0.15) is 11.6 Å². The van der Waals surface area contributed by atoms with Gasteiger partial charge in [0.2, 0.25) is 5.95 Å². The van der Waals surface area contributed by atoms with Gasteiger partial charge in [0, 0.05) is 38.3 Å². The summed E-state index contributed by atoms with van der Waals surface area (Å²) in [4.78, 5) is 24.1. The molecule has 0 radical (unpaired) electrons. The van der Waals surface area contributed by atoms with Crippen molar-refractivity contribution in [2.45, 2.75) is 70.0 Å². The van der Waals surface area contributed by atoms with Gasteiger partial charge in [0.25, 0.3) is 0 Å². The fraction of sp³-hybridized carbons (Fsp3) is 0.560. The summed E-state index contributed by atoms with van der Waals surface area (Å²) >= 11 is 0. The number of amides is 2. The van der Waals surface area contributed by atoms with E-state index in [2.05, 4.69) is 34.9 Å². The first-order valence-electron chi connectivity index (χ1n) is 12.0. The van der Waals surface area contributed by atoms with Crippen molar-refractivity contribution in [2.75, 3.05) is 31.4 Å². The molecule has 1 heterocycles. The van der Waals surface area contributed by atoms with E-state index in [-0.39, 0.29) is 12.1 Å². The third-order valence-electron chi connectivity index (χ3n) is 6.59. The van der Waals surface area contributed by atoms with Crippen molar-refractivity contribution in [1.82, 2.24) is 20.6 Å². The fourth-order valence-electron chi connectivity index (χ4n) is 4.74. The lowest BCUT2D eigenvalue weighted by atomic mass is 9.91. The fourth-order valence-corrected chi connectivity index (χ4v) is 4.74. The quantitative estimate of drug-likeness (QED) is 0.594. The molecular weight excluding hydrogens is 416 g/mol. The number of fused-ring (bicyclic) bond motifs is 1. The molecule has 0 unspecified atom stereocenters. The monoisotopic (exact) mass is 452 g/mol. The highest BCUT2D eigenvalue weighted by molar-refractivity contribution is 5.74. The third kappa shape index (κ3) is 6.06. The molecule has 2 aliphatic carbocycles. The van der Waals surface area contributed by atoms with Gasteiger partial charge in [-0.05, 0) is 69.1 Å². The van der Waals surface area contributed by atoms with Gasteiger partial charge in [0.05, 0.1) is 12.8 Å². The van der Waals surface area contributed by atoms with Crippen LogP contribution >= 0.6 is 0 Å². The second kappa shape index (κ2) is 10.7. The van der Waals surface area contributed by atoms with Gasteiger partial charge in [-0.2, -0.15) is 4.98 Å². The van der Waals surface area contributed by atoms with Crippen LogP contribution in [0.1, 0.15) is 55.3 Å². The molecular formula is C25H36N6O2. The summed E-state index contributed by atoms with van der Waals surface area (Å²) < 4.78 is 5.17. The number of aryl methyl sites for hydroxylation is 1. The first-order chi connectivity index (χ1) is 16.0. The lowest BCUT2D eigenvalue weighted by molar-refractivity contribution is 0.231. The van der Waals surface area contributed by atoms with Crippen LogP contribution in [0.5, 0.6) is 5.75 Å². The van der Waals surface area contributed by atoms with Crippen molar-refractivity contribution in [3.05, 3.63) is 41.1 Å². The molecule has 4 rings (SSSR count). The van der Waals surface area contributed by atoms with E-state index in [1.165, 1.54) is 24.1 Å². The molecule has 0 atom stereocenters. The van der Waals surface area contributed by atoms with Gasteiger partial charge in [-0.1, -0.05) is 12.1 Å². The summed E-state index contributed by atoms with van der Waals surface area (Å²) in [5.74, 6) is 2.60. The second-order valence-corrected chi connectivity index (χ2v) is 9.27. The summed E-state index contributed by atoms with van der Waals surface area (Å²) in [5.41, 5.74) is 3.55. The van der Waals surface area contributed by atoms with Gasteiger partial charge < -0.3 is 25.6 Å². The number of hydrogen-bond acceptors (Lipinski definition) is 6. The van der Waals surface area contributed by atoms with Crippen LogP contribution in [-0.4, -0.2) is 49.3 Å². The number of methoxy groups -OCH3 is 1. The van der Waals surface area contributed by atoms with Gasteiger partial charge in [-0.3, -0.25) is 0 Å². The normalized spacial score (nSPS) is 19.8. The van der Waals surface area contributed by atoms with Crippen LogP contribution in [0.15, 0.2) is 24.3 Å². The maximum atomic E-state index is 12.3. The van der Waals surface area contributed by atoms with Crippen molar-refractivity contribution in [2.24, 2.45) is 0 Å². The number of carbonyl (C=O) groups is 1. The minimum Gasteiger partial charge on any atom is -0.497 e. The highest BCUT2D eigenvalue weighted by atomic mass is 16.5. The standard InChI is InChI=1S/C25H36N6O2/c1-31(2)23-21-6-4-5-7-22(21)29-24(30-23)27-18-10-12-19(13-11-18)28-25(32)26-16-17-8-14-20(33-3)15-9-17/h8-9,14-15,18-19H,4-7,10-13,16H2,1-3H3,(H2,26,28,32)(H,27,29,30)/t18-,19+. The van der Waals surface area contributed by atoms with Crippen LogP contribution < -0.4 is 25.6 Å². The Labute approximate surface area is 196 Å². The molecule has 2 aliphatic rings. The Morgan fingerprint density at radius 2 is 1.73 bits per heavy atom. The van der Waals surface area contributed by atoms with Crippen LogP contribution in [0.25, 0.3) is 0 Å². The number of rotatable bonds is 7. The molecule has 2 amide bonds.